The number of pyridine rings is 1. The maximum atomic E-state index is 12.5. The molecule has 0 aliphatic heterocycles. The van der Waals surface area contributed by atoms with Crippen molar-refractivity contribution in [1.82, 2.24) is 29.1 Å². The summed E-state index contributed by atoms with van der Waals surface area (Å²) in [6.45, 7) is 2.55. The van der Waals surface area contributed by atoms with E-state index in [0.29, 0.717) is 17.3 Å². The summed E-state index contributed by atoms with van der Waals surface area (Å²) >= 11 is 2.99. The third kappa shape index (κ3) is 4.01. The van der Waals surface area contributed by atoms with E-state index in [4.69, 9.17) is 0 Å². The van der Waals surface area contributed by atoms with Crippen molar-refractivity contribution in [3.05, 3.63) is 93.6 Å². The molecular weight excluding hydrogens is 428 g/mol. The summed E-state index contributed by atoms with van der Waals surface area (Å²) in [5.41, 5.74) is 3.64. The first-order valence-electron chi connectivity index (χ1n) is 9.66. The number of hydrogen-bond donors (Lipinski definition) is 0. The monoisotopic (exact) mass is 446 g/mol. The second-order valence-electron chi connectivity index (χ2n) is 6.99. The van der Waals surface area contributed by atoms with Crippen molar-refractivity contribution in [2.75, 3.05) is 0 Å². The highest BCUT2D eigenvalue weighted by atomic mass is 32.2. The van der Waals surface area contributed by atoms with E-state index in [1.54, 1.807) is 22.9 Å². The minimum Gasteiger partial charge on any atom is -0.297 e. The average molecular weight is 447 g/mol. The number of fused-ring (bicyclic) bond motifs is 1. The van der Waals surface area contributed by atoms with Crippen molar-refractivity contribution in [3.63, 3.8) is 0 Å². The molecule has 9 heteroatoms. The number of thiazole rings is 1. The Morgan fingerprint density at radius 2 is 1.97 bits per heavy atom. The molecule has 0 spiro atoms. The molecular formula is C22H18N6OS2. The molecule has 0 fully saturated rings. The van der Waals surface area contributed by atoms with Crippen LogP contribution in [0.25, 0.3) is 16.3 Å². The van der Waals surface area contributed by atoms with Crippen LogP contribution in [0.2, 0.25) is 0 Å². The van der Waals surface area contributed by atoms with E-state index in [-0.39, 0.29) is 5.56 Å². The van der Waals surface area contributed by atoms with Crippen molar-refractivity contribution in [3.8, 4) is 11.4 Å². The Morgan fingerprint density at radius 1 is 1.10 bits per heavy atom. The molecule has 0 aliphatic carbocycles. The average Bonchev–Trinajstić information content (AvgIpc) is 3.37. The first kappa shape index (κ1) is 19.7. The lowest BCUT2D eigenvalue weighted by molar-refractivity contribution is 0.714. The van der Waals surface area contributed by atoms with Gasteiger partial charge in [0.15, 0.2) is 15.9 Å². The molecule has 5 rings (SSSR count). The summed E-state index contributed by atoms with van der Waals surface area (Å²) in [4.78, 5) is 22.0. The third-order valence-corrected chi connectivity index (χ3v) is 6.74. The molecule has 0 aliphatic rings. The number of benzene rings is 1. The van der Waals surface area contributed by atoms with E-state index in [1.165, 1.54) is 23.1 Å². The normalized spacial score (nSPS) is 11.3. The Hall–Kier alpha value is -3.30. The van der Waals surface area contributed by atoms with E-state index in [9.17, 15) is 4.79 Å². The highest BCUT2D eigenvalue weighted by Gasteiger charge is 2.16. The van der Waals surface area contributed by atoms with Crippen molar-refractivity contribution >= 4 is 28.1 Å². The lowest BCUT2D eigenvalue weighted by Gasteiger charge is -2.10. The maximum absolute atomic E-state index is 12.5. The summed E-state index contributed by atoms with van der Waals surface area (Å²) in [7, 11) is 0. The summed E-state index contributed by atoms with van der Waals surface area (Å²) in [6, 6.07) is 15.7. The molecule has 5 aromatic rings. The number of rotatable bonds is 6. The van der Waals surface area contributed by atoms with Gasteiger partial charge in [-0.2, -0.15) is 0 Å². The SMILES string of the molecule is Cc1csc2nc(CSc3nnc(-c4cccnc4)n3Cc3ccccc3)cc(=O)n12. The molecule has 4 heterocycles. The molecule has 0 saturated heterocycles. The molecule has 4 aromatic heterocycles. The van der Waals surface area contributed by atoms with Crippen LogP contribution in [0, 0.1) is 6.92 Å². The van der Waals surface area contributed by atoms with Gasteiger partial charge < -0.3 is 0 Å². The highest BCUT2D eigenvalue weighted by Crippen LogP contribution is 2.27. The fourth-order valence-corrected chi connectivity index (χ4v) is 5.05. The predicted octanol–water partition coefficient (Wildman–Crippen LogP) is 4.06. The molecule has 0 amide bonds. The summed E-state index contributed by atoms with van der Waals surface area (Å²) in [5.74, 6) is 1.29. The van der Waals surface area contributed by atoms with Gasteiger partial charge in [-0.3, -0.25) is 18.7 Å². The highest BCUT2D eigenvalue weighted by molar-refractivity contribution is 7.98. The van der Waals surface area contributed by atoms with Gasteiger partial charge in [-0.15, -0.1) is 21.5 Å². The standard InChI is InChI=1S/C22H18N6OS2/c1-15-13-30-21-24-18(10-19(29)28(15)21)14-31-22-26-25-20(17-8-5-9-23-11-17)27(22)12-16-6-3-2-4-7-16/h2-11,13H,12,14H2,1H3. The van der Waals surface area contributed by atoms with E-state index in [1.807, 2.05) is 42.6 Å². The fourth-order valence-electron chi connectivity index (χ4n) is 3.33. The predicted molar refractivity (Wildman–Crippen MR) is 122 cm³/mol. The Kier molecular flexibility index (Phi) is 5.35. The van der Waals surface area contributed by atoms with Crippen molar-refractivity contribution in [1.29, 1.82) is 0 Å². The molecule has 31 heavy (non-hydrogen) atoms. The van der Waals surface area contributed by atoms with Crippen LogP contribution in [0.15, 0.2) is 76.3 Å². The largest absolute Gasteiger partial charge is 0.297 e. The lowest BCUT2D eigenvalue weighted by Crippen LogP contribution is -2.14. The van der Waals surface area contributed by atoms with E-state index in [0.717, 1.165) is 33.5 Å². The molecule has 7 nitrogen and oxygen atoms in total. The van der Waals surface area contributed by atoms with Gasteiger partial charge in [-0.25, -0.2) is 4.98 Å². The lowest BCUT2D eigenvalue weighted by atomic mass is 10.2. The minimum absolute atomic E-state index is 0.0545. The van der Waals surface area contributed by atoms with Crippen LogP contribution in [0.1, 0.15) is 17.0 Å². The van der Waals surface area contributed by atoms with Crippen molar-refractivity contribution < 1.29 is 0 Å². The summed E-state index contributed by atoms with van der Waals surface area (Å²) in [5, 5.41) is 11.6. The van der Waals surface area contributed by atoms with Crippen LogP contribution in [-0.2, 0) is 12.3 Å². The van der Waals surface area contributed by atoms with Gasteiger partial charge in [0, 0.05) is 40.9 Å². The van der Waals surface area contributed by atoms with E-state index < -0.39 is 0 Å². The number of aromatic nitrogens is 6. The van der Waals surface area contributed by atoms with Crippen LogP contribution in [0.5, 0.6) is 0 Å². The first-order valence-corrected chi connectivity index (χ1v) is 11.5. The maximum Gasteiger partial charge on any atom is 0.258 e. The number of hydrogen-bond acceptors (Lipinski definition) is 7. The zero-order valence-electron chi connectivity index (χ0n) is 16.7. The summed E-state index contributed by atoms with van der Waals surface area (Å²) < 4.78 is 3.72. The number of thioether (sulfide) groups is 1. The van der Waals surface area contributed by atoms with Crippen LogP contribution < -0.4 is 5.56 Å². The molecule has 0 unspecified atom stereocenters. The van der Waals surface area contributed by atoms with Crippen LogP contribution >= 0.6 is 23.1 Å². The minimum atomic E-state index is -0.0545. The van der Waals surface area contributed by atoms with Crippen molar-refractivity contribution in [2.24, 2.45) is 0 Å². The molecule has 0 bridgehead atoms. The molecule has 1 aromatic carbocycles. The van der Waals surface area contributed by atoms with Crippen LogP contribution in [0.4, 0.5) is 0 Å². The zero-order chi connectivity index (χ0) is 21.2. The Bertz CT molecular complexity index is 1390. The molecule has 154 valence electrons. The fraction of sp³-hybridized carbons (Fsp3) is 0.136. The number of aryl methyl sites for hydroxylation is 1. The van der Waals surface area contributed by atoms with Gasteiger partial charge in [-0.05, 0) is 24.6 Å². The summed E-state index contributed by atoms with van der Waals surface area (Å²) in [6.07, 6.45) is 3.53. The third-order valence-electron chi connectivity index (χ3n) is 4.80. The van der Waals surface area contributed by atoms with Gasteiger partial charge >= 0.3 is 0 Å². The van der Waals surface area contributed by atoms with Gasteiger partial charge in [0.25, 0.3) is 5.56 Å². The Labute approximate surface area is 186 Å². The topological polar surface area (TPSA) is 78.0 Å². The zero-order valence-corrected chi connectivity index (χ0v) is 18.3. The Morgan fingerprint density at radius 3 is 2.77 bits per heavy atom. The van der Waals surface area contributed by atoms with Gasteiger partial charge in [0.05, 0.1) is 12.2 Å². The second kappa shape index (κ2) is 8.44. The van der Waals surface area contributed by atoms with Crippen LogP contribution in [0.3, 0.4) is 0 Å². The van der Waals surface area contributed by atoms with E-state index >= 15 is 0 Å². The van der Waals surface area contributed by atoms with Gasteiger partial charge in [-0.1, -0.05) is 42.1 Å². The smallest absolute Gasteiger partial charge is 0.258 e. The first-order chi connectivity index (χ1) is 15.2. The molecule has 0 atom stereocenters. The van der Waals surface area contributed by atoms with Gasteiger partial charge in [0.1, 0.15) is 0 Å². The van der Waals surface area contributed by atoms with Crippen LogP contribution in [-0.4, -0.2) is 29.1 Å². The Balaban J connectivity index is 1.47. The van der Waals surface area contributed by atoms with Gasteiger partial charge in [0.2, 0.25) is 0 Å². The molecule has 0 saturated carbocycles. The molecule has 0 radical (unpaired) electrons. The molecule has 0 N–H and O–H groups in total. The van der Waals surface area contributed by atoms with Crippen molar-refractivity contribution in [2.45, 2.75) is 24.4 Å². The van der Waals surface area contributed by atoms with E-state index in [2.05, 4.69) is 36.9 Å². The quantitative estimate of drug-likeness (QED) is 0.366. The number of nitrogens with zero attached hydrogens (tertiary/aromatic N) is 6. The second-order valence-corrected chi connectivity index (χ2v) is 8.77.